The predicted molar refractivity (Wildman–Crippen MR) is 114 cm³/mol. The van der Waals surface area contributed by atoms with Crippen LogP contribution >= 0.6 is 24.0 Å². The first-order valence-electron chi connectivity index (χ1n) is 7.99. The number of hydrogen-bond donors (Lipinski definition) is 2. The van der Waals surface area contributed by atoms with E-state index in [1.54, 1.807) is 48.8 Å². The van der Waals surface area contributed by atoms with Crippen LogP contribution in [0.5, 0.6) is 0 Å². The Labute approximate surface area is 170 Å². The Kier molecular flexibility index (Phi) is 4.69. The molecule has 7 nitrogen and oxygen atoms in total. The molecule has 0 atom stereocenters. The van der Waals surface area contributed by atoms with Crippen LogP contribution in [0, 0.1) is 0 Å². The third-order valence-electron chi connectivity index (χ3n) is 3.86. The highest BCUT2D eigenvalue weighted by atomic mass is 32.2. The molecule has 0 saturated carbocycles. The molecule has 0 radical (unpaired) electrons. The molecule has 1 amide bonds. The third kappa shape index (κ3) is 3.93. The fourth-order valence-electron chi connectivity index (χ4n) is 2.74. The highest BCUT2D eigenvalue weighted by Crippen LogP contribution is 2.33. The summed E-state index contributed by atoms with van der Waals surface area (Å²) in [6.07, 6.45) is 6.09. The Morgan fingerprint density at radius 1 is 1.25 bits per heavy atom. The van der Waals surface area contributed by atoms with E-state index in [1.807, 2.05) is 0 Å². The second-order valence-corrected chi connectivity index (χ2v) is 9.53. The molecule has 1 aliphatic rings. The molecule has 142 valence electrons. The quantitative estimate of drug-likeness (QED) is 0.482. The van der Waals surface area contributed by atoms with Crippen molar-refractivity contribution in [2.75, 3.05) is 11.0 Å². The molecule has 1 saturated heterocycles. The summed E-state index contributed by atoms with van der Waals surface area (Å²) in [6.45, 7) is 0. The Morgan fingerprint density at radius 2 is 2.00 bits per heavy atom. The zero-order chi connectivity index (χ0) is 19.9. The molecule has 0 spiro atoms. The molecule has 1 fully saturated rings. The van der Waals surface area contributed by atoms with Crippen LogP contribution in [0.1, 0.15) is 5.76 Å². The number of anilines is 1. The minimum atomic E-state index is -3.34. The van der Waals surface area contributed by atoms with Crippen LogP contribution in [0.25, 0.3) is 28.2 Å². The molecule has 1 aromatic carbocycles. The van der Waals surface area contributed by atoms with Gasteiger partial charge in [0.15, 0.2) is 0 Å². The largest absolute Gasteiger partial charge is 0.456 e. The van der Waals surface area contributed by atoms with Gasteiger partial charge < -0.3 is 9.73 Å². The average Bonchev–Trinajstić information content (AvgIpc) is 3.16. The molecule has 3 heterocycles. The Balaban J connectivity index is 1.71. The van der Waals surface area contributed by atoms with E-state index in [4.69, 9.17) is 16.6 Å². The van der Waals surface area contributed by atoms with Gasteiger partial charge in [-0.25, -0.2) is 8.42 Å². The van der Waals surface area contributed by atoms with Crippen molar-refractivity contribution in [2.24, 2.45) is 0 Å². The van der Waals surface area contributed by atoms with Crippen LogP contribution in [-0.2, 0) is 14.8 Å². The van der Waals surface area contributed by atoms with E-state index in [0.29, 0.717) is 26.3 Å². The fourth-order valence-corrected chi connectivity index (χ4v) is 4.33. The summed E-state index contributed by atoms with van der Waals surface area (Å²) in [5.74, 6) is 0.268. The fraction of sp³-hybridized carbons (Fsp3) is 0.0556. The van der Waals surface area contributed by atoms with E-state index >= 15 is 0 Å². The van der Waals surface area contributed by atoms with Gasteiger partial charge in [-0.05, 0) is 23.8 Å². The van der Waals surface area contributed by atoms with Crippen molar-refractivity contribution in [2.45, 2.75) is 0 Å². The Morgan fingerprint density at radius 3 is 2.64 bits per heavy atom. The smallest absolute Gasteiger partial charge is 0.263 e. The monoisotopic (exact) mass is 431 g/mol. The summed E-state index contributed by atoms with van der Waals surface area (Å²) in [5, 5.41) is 3.35. The molecular weight excluding hydrogens is 418 g/mol. The number of amides is 1. The molecule has 1 aliphatic heterocycles. The van der Waals surface area contributed by atoms with Crippen LogP contribution in [0.4, 0.5) is 5.69 Å². The van der Waals surface area contributed by atoms with Crippen LogP contribution in [0.3, 0.4) is 0 Å². The number of carbonyl (C=O) groups is 1. The van der Waals surface area contributed by atoms with Crippen molar-refractivity contribution in [1.29, 1.82) is 0 Å². The van der Waals surface area contributed by atoms with Crippen LogP contribution in [0.2, 0.25) is 0 Å². The molecule has 0 aliphatic carbocycles. The number of carbonyl (C=O) groups excluding carboxylic acids is 1. The van der Waals surface area contributed by atoms with Crippen molar-refractivity contribution < 1.29 is 17.6 Å². The summed E-state index contributed by atoms with van der Waals surface area (Å²) in [7, 11) is -3.34. The molecular formula is C18H13N3O4S3. The first-order chi connectivity index (χ1) is 13.3. The van der Waals surface area contributed by atoms with Gasteiger partial charge in [-0.2, -0.15) is 0 Å². The summed E-state index contributed by atoms with van der Waals surface area (Å²) in [5.41, 5.74) is 2.67. The van der Waals surface area contributed by atoms with E-state index < -0.39 is 10.0 Å². The van der Waals surface area contributed by atoms with Gasteiger partial charge in [-0.15, -0.1) is 0 Å². The number of benzene rings is 1. The number of hydrogen-bond acceptors (Lipinski definition) is 7. The number of thiocarbonyl (C=S) groups is 1. The molecule has 0 unspecified atom stereocenters. The lowest BCUT2D eigenvalue weighted by atomic mass is 10.1. The maximum atomic E-state index is 11.8. The van der Waals surface area contributed by atoms with Crippen molar-refractivity contribution in [3.05, 3.63) is 53.4 Å². The summed E-state index contributed by atoms with van der Waals surface area (Å²) in [6, 6.07) is 8.70. The first kappa shape index (κ1) is 18.7. The van der Waals surface area contributed by atoms with Gasteiger partial charge in [-0.3, -0.25) is 14.5 Å². The number of sulfonamides is 1. The normalized spacial score (nSPS) is 16.0. The lowest BCUT2D eigenvalue weighted by Gasteiger charge is -2.06. The predicted octanol–water partition coefficient (Wildman–Crippen LogP) is 3.36. The molecule has 28 heavy (non-hydrogen) atoms. The Bertz CT molecular complexity index is 1240. The number of thioether (sulfide) groups is 1. The lowest BCUT2D eigenvalue weighted by Crippen LogP contribution is -2.17. The first-order valence-corrected chi connectivity index (χ1v) is 11.1. The zero-order valence-electron chi connectivity index (χ0n) is 14.4. The number of nitrogens with one attached hydrogen (secondary N) is 2. The minimum absolute atomic E-state index is 0.247. The number of nitrogens with zero attached hydrogens (tertiary/aromatic N) is 1. The summed E-state index contributed by atoms with van der Waals surface area (Å²) in [4.78, 5) is 16.5. The molecule has 3 aromatic rings. The highest BCUT2D eigenvalue weighted by Gasteiger charge is 2.23. The third-order valence-corrected chi connectivity index (χ3v) is 5.63. The van der Waals surface area contributed by atoms with Crippen molar-refractivity contribution in [1.82, 2.24) is 10.3 Å². The minimum Gasteiger partial charge on any atom is -0.456 e. The van der Waals surface area contributed by atoms with Crippen molar-refractivity contribution in [3.8, 4) is 11.1 Å². The Hall–Kier alpha value is -2.69. The van der Waals surface area contributed by atoms with E-state index in [9.17, 15) is 13.2 Å². The van der Waals surface area contributed by atoms with Crippen LogP contribution < -0.4 is 10.0 Å². The molecule has 10 heteroatoms. The maximum absolute atomic E-state index is 11.8. The maximum Gasteiger partial charge on any atom is 0.263 e. The number of furan rings is 1. The van der Waals surface area contributed by atoms with Gasteiger partial charge in [-0.1, -0.05) is 36.1 Å². The topological polar surface area (TPSA) is 101 Å². The zero-order valence-corrected chi connectivity index (χ0v) is 16.9. The van der Waals surface area contributed by atoms with E-state index in [-0.39, 0.29) is 5.91 Å². The number of fused-ring (bicyclic) bond motifs is 1. The van der Waals surface area contributed by atoms with Gasteiger partial charge in [0.1, 0.15) is 15.7 Å². The van der Waals surface area contributed by atoms with Crippen LogP contribution in [-0.4, -0.2) is 29.9 Å². The second kappa shape index (κ2) is 7.04. The molecule has 4 rings (SSSR count). The van der Waals surface area contributed by atoms with Crippen LogP contribution in [0.15, 0.2) is 52.0 Å². The van der Waals surface area contributed by atoms with Gasteiger partial charge in [0, 0.05) is 35.1 Å². The summed E-state index contributed by atoms with van der Waals surface area (Å²) >= 11 is 6.17. The number of rotatable bonds is 4. The lowest BCUT2D eigenvalue weighted by molar-refractivity contribution is -0.115. The van der Waals surface area contributed by atoms with Gasteiger partial charge in [0.2, 0.25) is 10.0 Å². The van der Waals surface area contributed by atoms with Crippen molar-refractivity contribution in [3.63, 3.8) is 0 Å². The van der Waals surface area contributed by atoms with E-state index in [2.05, 4.69) is 15.0 Å². The van der Waals surface area contributed by atoms with Gasteiger partial charge in [0.05, 0.1) is 11.2 Å². The molecule has 2 N–H and O–H groups in total. The number of aromatic nitrogens is 1. The van der Waals surface area contributed by atoms with Gasteiger partial charge >= 0.3 is 0 Å². The standard InChI is InChI=1S/C18H13N3O4S3/c1-28(23,24)21-12-4-2-10(3-5-12)14-9-19-8-11-6-13(25-16(11)14)7-15-17(22)20-18(26)27-15/h2-9,21H,1H3,(H,20,22,26). The highest BCUT2D eigenvalue weighted by molar-refractivity contribution is 8.26. The van der Waals surface area contributed by atoms with E-state index in [0.717, 1.165) is 22.8 Å². The number of pyridine rings is 1. The van der Waals surface area contributed by atoms with Gasteiger partial charge in [0.25, 0.3) is 5.91 Å². The summed E-state index contributed by atoms with van der Waals surface area (Å²) < 4.78 is 31.5. The van der Waals surface area contributed by atoms with E-state index in [1.165, 1.54) is 11.8 Å². The molecule has 0 bridgehead atoms. The SMILES string of the molecule is CS(=O)(=O)Nc1ccc(-c2cncc3cc(C=C4SC(=S)NC4=O)oc23)cc1. The molecule has 2 aromatic heterocycles. The van der Waals surface area contributed by atoms with Crippen molar-refractivity contribution >= 4 is 67.0 Å². The second-order valence-electron chi connectivity index (χ2n) is 6.06. The average molecular weight is 432 g/mol.